The molecule has 0 atom stereocenters. The number of hydrogen-bond donors (Lipinski definition) is 1. The van der Waals surface area contributed by atoms with Crippen LogP contribution >= 0.6 is 27.5 Å². The van der Waals surface area contributed by atoms with Crippen LogP contribution in [0.25, 0.3) is 0 Å². The van der Waals surface area contributed by atoms with E-state index in [1.807, 2.05) is 31.2 Å². The summed E-state index contributed by atoms with van der Waals surface area (Å²) < 4.78 is 0.931. The Hall–Kier alpha value is -1.13. The summed E-state index contributed by atoms with van der Waals surface area (Å²) in [5.74, 6) is 1.66. The molecule has 20 heavy (non-hydrogen) atoms. The molecule has 1 aromatic carbocycles. The van der Waals surface area contributed by atoms with Gasteiger partial charge in [0.2, 0.25) is 0 Å². The van der Waals surface area contributed by atoms with Gasteiger partial charge in [0.05, 0.1) is 10.2 Å². The molecule has 0 spiro atoms. The van der Waals surface area contributed by atoms with Crippen molar-refractivity contribution in [1.82, 2.24) is 9.97 Å². The highest BCUT2D eigenvalue weighted by molar-refractivity contribution is 9.10. The Morgan fingerprint density at radius 2 is 2.10 bits per heavy atom. The van der Waals surface area contributed by atoms with Gasteiger partial charge in [0, 0.05) is 18.0 Å². The summed E-state index contributed by atoms with van der Waals surface area (Å²) in [7, 11) is 0. The number of rotatable bonds is 5. The van der Waals surface area contributed by atoms with Gasteiger partial charge in [-0.2, -0.15) is 0 Å². The number of nitrogens with one attached hydrogen (secondary N) is 1. The minimum Gasteiger partial charge on any atom is -0.369 e. The van der Waals surface area contributed by atoms with E-state index in [4.69, 9.17) is 11.6 Å². The number of hydrogen-bond acceptors (Lipinski definition) is 3. The number of anilines is 1. The molecule has 5 heteroatoms. The first-order valence-electron chi connectivity index (χ1n) is 6.61. The standard InChI is InChI=1S/C15H17BrClN3/c1-3-7-18-15-14(16)10(2)19-13(20-15)9-11-5-4-6-12(17)8-11/h4-6,8H,3,7,9H2,1-2H3,(H,18,19,20). The molecule has 0 saturated heterocycles. The van der Waals surface area contributed by atoms with Crippen LogP contribution in [0.5, 0.6) is 0 Å². The largest absolute Gasteiger partial charge is 0.369 e. The molecule has 0 unspecified atom stereocenters. The Bertz CT molecular complexity index is 602. The zero-order valence-corrected chi connectivity index (χ0v) is 13.9. The van der Waals surface area contributed by atoms with E-state index in [1.165, 1.54) is 0 Å². The Morgan fingerprint density at radius 1 is 1.30 bits per heavy atom. The monoisotopic (exact) mass is 353 g/mol. The van der Waals surface area contributed by atoms with Gasteiger partial charge in [0.15, 0.2) is 0 Å². The van der Waals surface area contributed by atoms with Crippen LogP contribution in [0.3, 0.4) is 0 Å². The number of aromatic nitrogens is 2. The third-order valence-corrected chi connectivity index (χ3v) is 4.04. The number of halogens is 2. The second-order valence-electron chi connectivity index (χ2n) is 4.62. The molecule has 106 valence electrons. The maximum atomic E-state index is 6.01. The predicted octanol–water partition coefficient (Wildman–Crippen LogP) is 4.61. The average Bonchev–Trinajstić information content (AvgIpc) is 2.41. The van der Waals surface area contributed by atoms with Crippen LogP contribution in [0, 0.1) is 6.92 Å². The Balaban J connectivity index is 2.25. The zero-order chi connectivity index (χ0) is 14.5. The summed E-state index contributed by atoms with van der Waals surface area (Å²) in [5.41, 5.74) is 2.05. The first kappa shape index (κ1) is 15.3. The van der Waals surface area contributed by atoms with E-state index < -0.39 is 0 Å². The van der Waals surface area contributed by atoms with Crippen molar-refractivity contribution in [3.63, 3.8) is 0 Å². The lowest BCUT2D eigenvalue weighted by Gasteiger charge is -2.11. The van der Waals surface area contributed by atoms with Crippen LogP contribution in [-0.2, 0) is 6.42 Å². The smallest absolute Gasteiger partial charge is 0.144 e. The normalized spacial score (nSPS) is 10.6. The van der Waals surface area contributed by atoms with E-state index in [2.05, 4.69) is 38.1 Å². The van der Waals surface area contributed by atoms with E-state index in [0.29, 0.717) is 6.42 Å². The molecule has 0 bridgehead atoms. The Kier molecular flexibility index (Phi) is 5.38. The molecule has 1 N–H and O–H groups in total. The van der Waals surface area contributed by atoms with E-state index in [0.717, 1.165) is 45.4 Å². The maximum Gasteiger partial charge on any atom is 0.144 e. The third kappa shape index (κ3) is 3.93. The highest BCUT2D eigenvalue weighted by atomic mass is 79.9. The van der Waals surface area contributed by atoms with Crippen LogP contribution < -0.4 is 5.32 Å². The van der Waals surface area contributed by atoms with E-state index >= 15 is 0 Å². The molecule has 0 fully saturated rings. The van der Waals surface area contributed by atoms with Crippen LogP contribution in [0.1, 0.15) is 30.4 Å². The first-order valence-corrected chi connectivity index (χ1v) is 7.78. The quantitative estimate of drug-likeness (QED) is 0.851. The fraction of sp³-hybridized carbons (Fsp3) is 0.333. The SMILES string of the molecule is CCCNc1nc(Cc2cccc(Cl)c2)nc(C)c1Br. The topological polar surface area (TPSA) is 37.8 Å². The molecule has 1 heterocycles. The molecular weight excluding hydrogens is 338 g/mol. The summed E-state index contributed by atoms with van der Waals surface area (Å²) >= 11 is 9.54. The van der Waals surface area contributed by atoms with Gasteiger partial charge >= 0.3 is 0 Å². The van der Waals surface area contributed by atoms with Gasteiger partial charge in [-0.25, -0.2) is 9.97 Å². The molecule has 0 saturated carbocycles. The Labute approximate surface area is 132 Å². The van der Waals surface area contributed by atoms with Crippen LogP contribution in [0.4, 0.5) is 5.82 Å². The van der Waals surface area contributed by atoms with Gasteiger partial charge in [-0.1, -0.05) is 30.7 Å². The highest BCUT2D eigenvalue weighted by Crippen LogP contribution is 2.24. The summed E-state index contributed by atoms with van der Waals surface area (Å²) in [6.07, 6.45) is 1.73. The van der Waals surface area contributed by atoms with E-state index in [1.54, 1.807) is 0 Å². The molecule has 3 nitrogen and oxygen atoms in total. The third-order valence-electron chi connectivity index (χ3n) is 2.86. The lowest BCUT2D eigenvalue weighted by atomic mass is 10.1. The van der Waals surface area contributed by atoms with Crippen molar-refractivity contribution in [1.29, 1.82) is 0 Å². The minimum absolute atomic E-state index is 0.676. The molecule has 0 amide bonds. The molecule has 2 rings (SSSR count). The number of nitrogens with zero attached hydrogens (tertiary/aromatic N) is 2. The van der Waals surface area contributed by atoms with Gasteiger partial charge < -0.3 is 5.32 Å². The van der Waals surface area contributed by atoms with Gasteiger partial charge in [-0.05, 0) is 47.0 Å². The summed E-state index contributed by atoms with van der Waals surface area (Å²) in [6, 6.07) is 7.79. The van der Waals surface area contributed by atoms with Crippen molar-refractivity contribution >= 4 is 33.3 Å². The second kappa shape index (κ2) is 7.04. The van der Waals surface area contributed by atoms with Crippen LogP contribution in [-0.4, -0.2) is 16.5 Å². The lowest BCUT2D eigenvalue weighted by Crippen LogP contribution is -2.08. The van der Waals surface area contributed by atoms with E-state index in [-0.39, 0.29) is 0 Å². The predicted molar refractivity (Wildman–Crippen MR) is 87.5 cm³/mol. The molecule has 0 aliphatic rings. The fourth-order valence-electron chi connectivity index (χ4n) is 1.89. The Morgan fingerprint density at radius 3 is 2.80 bits per heavy atom. The molecule has 0 aliphatic carbocycles. The molecule has 0 aliphatic heterocycles. The van der Waals surface area contributed by atoms with Gasteiger partial charge in [0.25, 0.3) is 0 Å². The zero-order valence-electron chi connectivity index (χ0n) is 11.6. The number of benzene rings is 1. The highest BCUT2D eigenvalue weighted by Gasteiger charge is 2.09. The lowest BCUT2D eigenvalue weighted by molar-refractivity contribution is 0.910. The van der Waals surface area contributed by atoms with Gasteiger partial charge in [-0.15, -0.1) is 0 Å². The van der Waals surface area contributed by atoms with Crippen molar-refractivity contribution in [3.8, 4) is 0 Å². The van der Waals surface area contributed by atoms with Crippen molar-refractivity contribution in [2.75, 3.05) is 11.9 Å². The van der Waals surface area contributed by atoms with Crippen molar-refractivity contribution in [2.24, 2.45) is 0 Å². The summed E-state index contributed by atoms with van der Waals surface area (Å²) in [4.78, 5) is 9.11. The van der Waals surface area contributed by atoms with Crippen molar-refractivity contribution < 1.29 is 0 Å². The molecule has 0 radical (unpaired) electrons. The fourth-order valence-corrected chi connectivity index (χ4v) is 2.42. The maximum absolute atomic E-state index is 6.01. The van der Waals surface area contributed by atoms with Gasteiger partial charge in [-0.3, -0.25) is 0 Å². The summed E-state index contributed by atoms with van der Waals surface area (Å²) in [6.45, 7) is 5.00. The minimum atomic E-state index is 0.676. The average molecular weight is 355 g/mol. The van der Waals surface area contributed by atoms with Gasteiger partial charge in [0.1, 0.15) is 11.6 Å². The molecule has 2 aromatic rings. The van der Waals surface area contributed by atoms with Crippen molar-refractivity contribution in [2.45, 2.75) is 26.7 Å². The van der Waals surface area contributed by atoms with E-state index in [9.17, 15) is 0 Å². The van der Waals surface area contributed by atoms with Crippen molar-refractivity contribution in [3.05, 3.63) is 50.8 Å². The first-order chi connectivity index (χ1) is 9.60. The summed E-state index contributed by atoms with van der Waals surface area (Å²) in [5, 5.41) is 4.05. The second-order valence-corrected chi connectivity index (χ2v) is 5.85. The molecule has 1 aromatic heterocycles. The number of aryl methyl sites for hydroxylation is 1. The van der Waals surface area contributed by atoms with Crippen LogP contribution in [0.2, 0.25) is 5.02 Å². The van der Waals surface area contributed by atoms with Crippen LogP contribution in [0.15, 0.2) is 28.7 Å². The molecular formula is C15H17BrClN3.